The highest BCUT2D eigenvalue weighted by molar-refractivity contribution is 5.89. The first-order chi connectivity index (χ1) is 6.56. The van der Waals surface area contributed by atoms with Gasteiger partial charge in [0.2, 0.25) is 5.91 Å². The van der Waals surface area contributed by atoms with Crippen LogP contribution in [0.3, 0.4) is 0 Å². The molecule has 1 fully saturated rings. The van der Waals surface area contributed by atoms with Gasteiger partial charge < -0.3 is 15.5 Å². The molecule has 14 heavy (non-hydrogen) atoms. The van der Waals surface area contributed by atoms with Crippen molar-refractivity contribution in [2.75, 3.05) is 6.61 Å². The molecule has 1 aliphatic carbocycles. The Morgan fingerprint density at radius 2 is 2.14 bits per heavy atom. The highest BCUT2D eigenvalue weighted by Gasteiger charge is 2.48. The molecule has 0 aromatic rings. The van der Waals surface area contributed by atoms with Crippen molar-refractivity contribution in [2.24, 2.45) is 11.8 Å². The number of carbonyl (C=O) groups is 2. The van der Waals surface area contributed by atoms with Gasteiger partial charge in [-0.3, -0.25) is 9.59 Å². The molecule has 0 saturated heterocycles. The van der Waals surface area contributed by atoms with Gasteiger partial charge in [0.1, 0.15) is 0 Å². The molecular formula is C9H15NO4. The van der Waals surface area contributed by atoms with Gasteiger partial charge in [0.15, 0.2) is 0 Å². The summed E-state index contributed by atoms with van der Waals surface area (Å²) in [4.78, 5) is 21.8. The van der Waals surface area contributed by atoms with Gasteiger partial charge in [-0.1, -0.05) is 0 Å². The third-order valence-corrected chi connectivity index (χ3v) is 2.40. The second kappa shape index (κ2) is 4.41. The first-order valence-electron chi connectivity index (χ1n) is 4.70. The Kier molecular flexibility index (Phi) is 3.46. The van der Waals surface area contributed by atoms with E-state index in [0.29, 0.717) is 12.8 Å². The molecule has 0 aromatic heterocycles. The largest absolute Gasteiger partial charge is 0.481 e. The van der Waals surface area contributed by atoms with E-state index in [1.165, 1.54) is 0 Å². The van der Waals surface area contributed by atoms with Crippen molar-refractivity contribution in [1.29, 1.82) is 0 Å². The molecule has 3 atom stereocenters. The number of aliphatic hydroxyl groups is 1. The normalized spacial score (nSPS) is 26.7. The molecule has 1 unspecified atom stereocenters. The van der Waals surface area contributed by atoms with Crippen LogP contribution in [0.25, 0.3) is 0 Å². The topological polar surface area (TPSA) is 86.6 Å². The van der Waals surface area contributed by atoms with Gasteiger partial charge in [0.25, 0.3) is 0 Å². The van der Waals surface area contributed by atoms with Crippen molar-refractivity contribution in [3.63, 3.8) is 0 Å². The number of hydrogen-bond acceptors (Lipinski definition) is 3. The maximum Gasteiger partial charge on any atom is 0.307 e. The van der Waals surface area contributed by atoms with Crippen molar-refractivity contribution in [3.05, 3.63) is 0 Å². The molecule has 0 aromatic carbocycles. The fraction of sp³-hybridized carbons (Fsp3) is 0.778. The number of aliphatic carboxylic acids is 1. The standard InChI is InChI=1S/C9H15NO4/c1-5(2-3-11)10-8(12)6-4-7(6)9(13)14/h5-7,11H,2-4H2,1H3,(H,10,12)(H,13,14)/t5?,6-,7+/m1/s1. The highest BCUT2D eigenvalue weighted by Crippen LogP contribution is 2.38. The molecule has 0 heterocycles. The Morgan fingerprint density at radius 3 is 2.57 bits per heavy atom. The summed E-state index contributed by atoms with van der Waals surface area (Å²) >= 11 is 0. The zero-order valence-corrected chi connectivity index (χ0v) is 8.06. The fourth-order valence-electron chi connectivity index (χ4n) is 1.37. The van der Waals surface area contributed by atoms with Crippen molar-refractivity contribution in [2.45, 2.75) is 25.8 Å². The molecule has 0 radical (unpaired) electrons. The molecule has 0 bridgehead atoms. The molecule has 3 N–H and O–H groups in total. The lowest BCUT2D eigenvalue weighted by atomic mass is 10.2. The Labute approximate surface area is 82.1 Å². The molecule has 0 spiro atoms. The average Bonchev–Trinajstić information content (AvgIpc) is 2.82. The van der Waals surface area contributed by atoms with E-state index >= 15 is 0 Å². The summed E-state index contributed by atoms with van der Waals surface area (Å²) in [7, 11) is 0. The van der Waals surface area contributed by atoms with Gasteiger partial charge in [-0.05, 0) is 19.8 Å². The summed E-state index contributed by atoms with van der Waals surface area (Å²) in [5.41, 5.74) is 0. The zero-order chi connectivity index (χ0) is 10.7. The Bertz CT molecular complexity index is 241. The molecule has 1 amide bonds. The van der Waals surface area contributed by atoms with Gasteiger partial charge in [-0.25, -0.2) is 0 Å². The molecular weight excluding hydrogens is 186 g/mol. The first kappa shape index (κ1) is 11.0. The van der Waals surface area contributed by atoms with E-state index in [-0.39, 0.29) is 24.5 Å². The maximum absolute atomic E-state index is 11.3. The van der Waals surface area contributed by atoms with Crippen LogP contribution in [0.1, 0.15) is 19.8 Å². The summed E-state index contributed by atoms with van der Waals surface area (Å²) in [6.45, 7) is 1.81. The molecule has 5 nitrogen and oxygen atoms in total. The van der Waals surface area contributed by atoms with E-state index in [1.807, 2.05) is 0 Å². The third-order valence-electron chi connectivity index (χ3n) is 2.40. The number of rotatable bonds is 5. The zero-order valence-electron chi connectivity index (χ0n) is 8.06. The second-order valence-corrected chi connectivity index (χ2v) is 3.71. The quantitative estimate of drug-likeness (QED) is 0.564. The minimum Gasteiger partial charge on any atom is -0.481 e. The Hall–Kier alpha value is -1.10. The van der Waals surface area contributed by atoms with Crippen molar-refractivity contribution in [1.82, 2.24) is 5.32 Å². The molecule has 1 rings (SSSR count). The van der Waals surface area contributed by atoms with Crippen molar-refractivity contribution < 1.29 is 19.8 Å². The van der Waals surface area contributed by atoms with Crippen molar-refractivity contribution in [3.8, 4) is 0 Å². The van der Waals surface area contributed by atoms with Gasteiger partial charge in [-0.2, -0.15) is 0 Å². The van der Waals surface area contributed by atoms with Crippen LogP contribution in [0.4, 0.5) is 0 Å². The van der Waals surface area contributed by atoms with Crippen LogP contribution in [0.5, 0.6) is 0 Å². The van der Waals surface area contributed by atoms with Crippen molar-refractivity contribution >= 4 is 11.9 Å². The minimum atomic E-state index is -0.903. The van der Waals surface area contributed by atoms with Gasteiger partial charge in [0, 0.05) is 12.6 Å². The van der Waals surface area contributed by atoms with E-state index in [2.05, 4.69) is 5.32 Å². The third kappa shape index (κ3) is 2.70. The SMILES string of the molecule is CC(CCO)NC(=O)[C@@H]1C[C@@H]1C(=O)O. The number of carboxylic acid groups (broad SMARTS) is 1. The van der Waals surface area contributed by atoms with Crippen LogP contribution in [-0.4, -0.2) is 34.7 Å². The monoisotopic (exact) mass is 201 g/mol. The lowest BCUT2D eigenvalue weighted by molar-refractivity contribution is -0.140. The summed E-state index contributed by atoms with van der Waals surface area (Å²) in [5.74, 6) is -1.98. The van der Waals surface area contributed by atoms with Crippen LogP contribution < -0.4 is 5.32 Å². The minimum absolute atomic E-state index is 0.0223. The predicted octanol–water partition coefficient (Wildman–Crippen LogP) is -0.406. The van der Waals surface area contributed by atoms with E-state index in [0.717, 1.165) is 0 Å². The molecule has 0 aliphatic heterocycles. The lowest BCUT2D eigenvalue weighted by Crippen LogP contribution is -2.35. The highest BCUT2D eigenvalue weighted by atomic mass is 16.4. The summed E-state index contributed by atoms with van der Waals surface area (Å²) in [6, 6.07) is -0.0949. The molecule has 80 valence electrons. The Morgan fingerprint density at radius 1 is 1.50 bits per heavy atom. The van der Waals surface area contributed by atoms with Crippen LogP contribution in [0.15, 0.2) is 0 Å². The number of carboxylic acids is 1. The fourth-order valence-corrected chi connectivity index (χ4v) is 1.37. The van der Waals surface area contributed by atoms with Crippen LogP contribution in [0, 0.1) is 11.8 Å². The number of carbonyl (C=O) groups excluding carboxylic acids is 1. The number of nitrogens with one attached hydrogen (secondary N) is 1. The average molecular weight is 201 g/mol. The Balaban J connectivity index is 2.27. The van der Waals surface area contributed by atoms with E-state index < -0.39 is 11.9 Å². The van der Waals surface area contributed by atoms with E-state index in [1.54, 1.807) is 6.92 Å². The maximum atomic E-state index is 11.3. The molecule has 5 heteroatoms. The number of amides is 1. The van der Waals surface area contributed by atoms with E-state index in [9.17, 15) is 9.59 Å². The number of hydrogen-bond donors (Lipinski definition) is 3. The van der Waals surface area contributed by atoms with Gasteiger partial charge in [0.05, 0.1) is 11.8 Å². The lowest BCUT2D eigenvalue weighted by Gasteiger charge is -2.11. The first-order valence-corrected chi connectivity index (χ1v) is 4.70. The summed E-state index contributed by atoms with van der Waals surface area (Å²) in [5, 5.41) is 19.9. The van der Waals surface area contributed by atoms with E-state index in [4.69, 9.17) is 10.2 Å². The van der Waals surface area contributed by atoms with Gasteiger partial charge >= 0.3 is 5.97 Å². The predicted molar refractivity (Wildman–Crippen MR) is 48.5 cm³/mol. The summed E-state index contributed by atoms with van der Waals surface area (Å²) < 4.78 is 0. The smallest absolute Gasteiger partial charge is 0.307 e. The second-order valence-electron chi connectivity index (χ2n) is 3.71. The van der Waals surface area contributed by atoms with Crippen LogP contribution >= 0.6 is 0 Å². The van der Waals surface area contributed by atoms with Gasteiger partial charge in [-0.15, -0.1) is 0 Å². The molecule has 1 aliphatic rings. The van der Waals surface area contributed by atoms with Crippen LogP contribution in [-0.2, 0) is 9.59 Å². The number of aliphatic hydroxyl groups excluding tert-OH is 1. The summed E-state index contributed by atoms with van der Waals surface area (Å²) in [6.07, 6.45) is 0.934. The van der Waals surface area contributed by atoms with Crippen LogP contribution in [0.2, 0.25) is 0 Å². The molecule has 1 saturated carbocycles.